The van der Waals surface area contributed by atoms with Gasteiger partial charge in [-0.2, -0.15) is 11.3 Å². The molecule has 2 rings (SSSR count). The molecule has 0 aliphatic heterocycles. The van der Waals surface area contributed by atoms with Crippen molar-refractivity contribution in [2.45, 2.75) is 6.04 Å². The van der Waals surface area contributed by atoms with Gasteiger partial charge in [0.05, 0.1) is 18.6 Å². The van der Waals surface area contributed by atoms with Gasteiger partial charge in [0.1, 0.15) is 0 Å². The fourth-order valence-corrected chi connectivity index (χ4v) is 1.79. The van der Waals surface area contributed by atoms with Crippen LogP contribution >= 0.6 is 11.3 Å². The number of hydrogen-bond acceptors (Lipinski definition) is 3. The first-order valence-electron chi connectivity index (χ1n) is 3.67. The van der Waals surface area contributed by atoms with Crippen molar-refractivity contribution in [1.29, 1.82) is 0 Å². The van der Waals surface area contributed by atoms with Crippen molar-refractivity contribution in [3.8, 4) is 0 Å². The van der Waals surface area contributed by atoms with E-state index < -0.39 is 0 Å². The first kappa shape index (κ1) is 7.58. The lowest BCUT2D eigenvalue weighted by Crippen LogP contribution is -2.09. The van der Waals surface area contributed by atoms with Gasteiger partial charge in [-0.15, -0.1) is 0 Å². The maximum atomic E-state index is 5.95. The molecule has 0 aliphatic rings. The standard InChI is InChI=1S/C9H9NOS/c10-9(7-1-3-11-5-7)8-2-4-12-6-8/h1-6,9H,10H2. The molecule has 0 saturated heterocycles. The molecule has 2 N–H and O–H groups in total. The van der Waals surface area contributed by atoms with E-state index in [0.29, 0.717) is 0 Å². The van der Waals surface area contributed by atoms with E-state index in [9.17, 15) is 0 Å². The van der Waals surface area contributed by atoms with Crippen molar-refractivity contribution in [3.05, 3.63) is 46.5 Å². The molecule has 1 unspecified atom stereocenters. The number of hydrogen-bond donors (Lipinski definition) is 1. The summed E-state index contributed by atoms with van der Waals surface area (Å²) in [6, 6.07) is 3.87. The summed E-state index contributed by atoms with van der Waals surface area (Å²) in [5, 5.41) is 4.08. The highest BCUT2D eigenvalue weighted by Crippen LogP contribution is 2.21. The van der Waals surface area contributed by atoms with Crippen molar-refractivity contribution < 1.29 is 4.42 Å². The predicted molar refractivity (Wildman–Crippen MR) is 49.1 cm³/mol. The van der Waals surface area contributed by atoms with Gasteiger partial charge in [-0.1, -0.05) is 0 Å². The van der Waals surface area contributed by atoms with Crippen LogP contribution in [0.5, 0.6) is 0 Å². The number of nitrogens with two attached hydrogens (primary N) is 1. The second-order valence-electron chi connectivity index (χ2n) is 2.59. The van der Waals surface area contributed by atoms with Crippen LogP contribution in [0, 0.1) is 0 Å². The van der Waals surface area contributed by atoms with E-state index in [1.807, 2.05) is 17.5 Å². The van der Waals surface area contributed by atoms with Gasteiger partial charge >= 0.3 is 0 Å². The summed E-state index contributed by atoms with van der Waals surface area (Å²) < 4.78 is 4.96. The third kappa shape index (κ3) is 1.29. The largest absolute Gasteiger partial charge is 0.472 e. The predicted octanol–water partition coefficient (Wildman–Crippen LogP) is 2.39. The average molecular weight is 179 g/mol. The van der Waals surface area contributed by atoms with Crippen LogP contribution in [0.2, 0.25) is 0 Å². The summed E-state index contributed by atoms with van der Waals surface area (Å²) >= 11 is 1.65. The van der Waals surface area contributed by atoms with Crippen molar-refractivity contribution in [1.82, 2.24) is 0 Å². The summed E-state index contributed by atoms with van der Waals surface area (Å²) in [6.45, 7) is 0. The van der Waals surface area contributed by atoms with Gasteiger partial charge in [0, 0.05) is 5.56 Å². The molecule has 0 aliphatic carbocycles. The Bertz CT molecular complexity index is 291. The summed E-state index contributed by atoms with van der Waals surface area (Å²) in [4.78, 5) is 0. The van der Waals surface area contributed by atoms with Crippen LogP contribution in [0.1, 0.15) is 17.2 Å². The van der Waals surface area contributed by atoms with Gasteiger partial charge in [-0.25, -0.2) is 0 Å². The van der Waals surface area contributed by atoms with E-state index in [2.05, 4.69) is 5.38 Å². The minimum absolute atomic E-state index is 0.0463. The maximum absolute atomic E-state index is 5.95. The Labute approximate surface area is 74.6 Å². The minimum Gasteiger partial charge on any atom is -0.472 e. The monoisotopic (exact) mass is 179 g/mol. The molecule has 0 spiro atoms. The first-order chi connectivity index (χ1) is 5.88. The van der Waals surface area contributed by atoms with E-state index >= 15 is 0 Å². The summed E-state index contributed by atoms with van der Waals surface area (Å²) in [7, 11) is 0. The van der Waals surface area contributed by atoms with E-state index in [-0.39, 0.29) is 6.04 Å². The molecule has 1 atom stereocenters. The molecule has 0 radical (unpaired) electrons. The molecule has 3 heteroatoms. The highest BCUT2D eigenvalue weighted by atomic mass is 32.1. The topological polar surface area (TPSA) is 39.2 Å². The van der Waals surface area contributed by atoms with Gasteiger partial charge in [0.15, 0.2) is 0 Å². The smallest absolute Gasteiger partial charge is 0.0953 e. The van der Waals surface area contributed by atoms with Crippen LogP contribution in [0.25, 0.3) is 0 Å². The average Bonchev–Trinajstić information content (AvgIpc) is 2.77. The molecule has 0 bridgehead atoms. The van der Waals surface area contributed by atoms with Crippen LogP contribution < -0.4 is 5.73 Å². The molecule has 2 nitrogen and oxygen atoms in total. The zero-order valence-electron chi connectivity index (χ0n) is 6.44. The highest BCUT2D eigenvalue weighted by Gasteiger charge is 2.09. The van der Waals surface area contributed by atoms with E-state index in [4.69, 9.17) is 10.2 Å². The van der Waals surface area contributed by atoms with Crippen LogP contribution in [0.15, 0.2) is 39.8 Å². The zero-order valence-corrected chi connectivity index (χ0v) is 7.25. The molecule has 2 heterocycles. The molecular formula is C9H9NOS. The lowest BCUT2D eigenvalue weighted by molar-refractivity contribution is 0.562. The number of furan rings is 1. The quantitative estimate of drug-likeness (QED) is 0.768. The molecule has 0 aromatic carbocycles. The summed E-state index contributed by atoms with van der Waals surface area (Å²) in [5.74, 6) is 0. The van der Waals surface area contributed by atoms with Crippen LogP contribution in [-0.4, -0.2) is 0 Å². The Balaban J connectivity index is 2.27. The first-order valence-corrected chi connectivity index (χ1v) is 4.62. The van der Waals surface area contributed by atoms with Crippen LogP contribution in [-0.2, 0) is 0 Å². The number of thiophene rings is 1. The second kappa shape index (κ2) is 3.13. The Morgan fingerprint density at radius 2 is 2.25 bits per heavy atom. The number of rotatable bonds is 2. The Morgan fingerprint density at radius 1 is 1.33 bits per heavy atom. The fraction of sp³-hybridized carbons (Fsp3) is 0.111. The van der Waals surface area contributed by atoms with Crippen molar-refractivity contribution in [3.63, 3.8) is 0 Å². The van der Waals surface area contributed by atoms with Gasteiger partial charge < -0.3 is 10.2 Å². The van der Waals surface area contributed by atoms with E-state index in [1.165, 1.54) is 0 Å². The minimum atomic E-state index is -0.0463. The van der Waals surface area contributed by atoms with Crippen molar-refractivity contribution >= 4 is 11.3 Å². The zero-order chi connectivity index (χ0) is 8.39. The lowest BCUT2D eigenvalue weighted by Gasteiger charge is -2.05. The molecule has 12 heavy (non-hydrogen) atoms. The lowest BCUT2D eigenvalue weighted by atomic mass is 10.1. The second-order valence-corrected chi connectivity index (χ2v) is 3.37. The fourth-order valence-electron chi connectivity index (χ4n) is 1.10. The van der Waals surface area contributed by atoms with E-state index in [0.717, 1.165) is 11.1 Å². The van der Waals surface area contributed by atoms with Crippen molar-refractivity contribution in [2.75, 3.05) is 0 Å². The highest BCUT2D eigenvalue weighted by molar-refractivity contribution is 7.07. The maximum Gasteiger partial charge on any atom is 0.0953 e. The van der Waals surface area contributed by atoms with E-state index in [1.54, 1.807) is 23.9 Å². The molecule has 0 amide bonds. The van der Waals surface area contributed by atoms with Gasteiger partial charge in [-0.05, 0) is 28.5 Å². The molecule has 62 valence electrons. The summed E-state index contributed by atoms with van der Waals surface area (Å²) in [6.07, 6.45) is 3.32. The molecule has 2 aromatic heterocycles. The molecule has 0 fully saturated rings. The van der Waals surface area contributed by atoms with Crippen LogP contribution in [0.4, 0.5) is 0 Å². The van der Waals surface area contributed by atoms with Gasteiger partial charge in [0.2, 0.25) is 0 Å². The SMILES string of the molecule is NC(c1ccoc1)c1ccsc1. The Hall–Kier alpha value is -1.06. The normalized spacial score (nSPS) is 13.1. The van der Waals surface area contributed by atoms with Gasteiger partial charge in [0.25, 0.3) is 0 Å². The Morgan fingerprint density at radius 3 is 2.83 bits per heavy atom. The van der Waals surface area contributed by atoms with Gasteiger partial charge in [-0.3, -0.25) is 0 Å². The third-order valence-electron chi connectivity index (χ3n) is 1.80. The third-order valence-corrected chi connectivity index (χ3v) is 2.51. The summed E-state index contributed by atoms with van der Waals surface area (Å²) in [5.41, 5.74) is 8.11. The van der Waals surface area contributed by atoms with Crippen molar-refractivity contribution in [2.24, 2.45) is 5.73 Å². The molecule has 0 saturated carbocycles. The molecular weight excluding hydrogens is 170 g/mol. The molecule has 2 aromatic rings. The Kier molecular flexibility index (Phi) is 1.98. The van der Waals surface area contributed by atoms with Crippen LogP contribution in [0.3, 0.4) is 0 Å².